The van der Waals surface area contributed by atoms with Gasteiger partial charge in [-0.2, -0.15) is 0 Å². The standard InChI is InChI=1S/C21H34N6O8/c1-10(2)6-13(22)18(31)27-17(11(3)28)20(33)25-14(4-5-16(29)30)19(32)26-15(21(34)35)7-12-8-23-9-24-12/h8-11,13-15,17,28H,4-7,22H2,1-3H3,(H,23,24)(H,25,33)(H,26,32)(H,27,31)(H,29,30)(H,34,35). The average molecular weight is 499 g/mol. The Labute approximate surface area is 202 Å². The SMILES string of the molecule is CC(C)CC(N)C(=O)NC(C(=O)NC(CCC(=O)O)C(=O)NC(Cc1cnc[nH]1)C(=O)O)C(C)O. The second kappa shape index (κ2) is 14.0. The van der Waals surface area contributed by atoms with Crippen LogP contribution in [-0.4, -0.2) is 85.2 Å². The van der Waals surface area contributed by atoms with E-state index in [4.69, 9.17) is 10.8 Å². The molecule has 0 aromatic carbocycles. The monoisotopic (exact) mass is 498 g/mol. The van der Waals surface area contributed by atoms with Crippen molar-refractivity contribution in [2.24, 2.45) is 11.7 Å². The first kappa shape index (κ1) is 29.5. The molecule has 0 aliphatic carbocycles. The second-order valence-corrected chi connectivity index (χ2v) is 8.64. The molecular formula is C21H34N6O8. The predicted molar refractivity (Wildman–Crippen MR) is 122 cm³/mol. The molecule has 14 heteroatoms. The quantitative estimate of drug-likeness (QED) is 0.134. The molecule has 0 spiro atoms. The van der Waals surface area contributed by atoms with Gasteiger partial charge < -0.3 is 42.0 Å². The number of aromatic amines is 1. The van der Waals surface area contributed by atoms with Crippen molar-refractivity contribution in [1.29, 1.82) is 0 Å². The number of imidazole rings is 1. The molecule has 1 rings (SSSR count). The first-order valence-corrected chi connectivity index (χ1v) is 11.1. The molecule has 196 valence electrons. The second-order valence-electron chi connectivity index (χ2n) is 8.64. The Hall–Kier alpha value is -3.52. The Bertz CT molecular complexity index is 873. The van der Waals surface area contributed by atoms with Crippen LogP contribution in [0, 0.1) is 5.92 Å². The average Bonchev–Trinajstić information content (AvgIpc) is 3.26. The van der Waals surface area contributed by atoms with Crippen LogP contribution in [0.15, 0.2) is 12.5 Å². The number of rotatable bonds is 15. The van der Waals surface area contributed by atoms with Crippen molar-refractivity contribution in [3.05, 3.63) is 18.2 Å². The first-order chi connectivity index (χ1) is 16.3. The van der Waals surface area contributed by atoms with Crippen LogP contribution in [0.2, 0.25) is 0 Å². The molecule has 5 unspecified atom stereocenters. The summed E-state index contributed by atoms with van der Waals surface area (Å²) < 4.78 is 0. The largest absolute Gasteiger partial charge is 0.481 e. The molecule has 0 aliphatic rings. The van der Waals surface area contributed by atoms with E-state index in [-0.39, 0.29) is 18.8 Å². The number of aliphatic carboxylic acids is 2. The zero-order valence-corrected chi connectivity index (χ0v) is 19.9. The highest BCUT2D eigenvalue weighted by Crippen LogP contribution is 2.06. The first-order valence-electron chi connectivity index (χ1n) is 11.1. The summed E-state index contributed by atoms with van der Waals surface area (Å²) in [5, 5.41) is 35.4. The molecule has 35 heavy (non-hydrogen) atoms. The molecule has 1 aromatic heterocycles. The maximum atomic E-state index is 12.8. The van der Waals surface area contributed by atoms with Gasteiger partial charge in [-0.05, 0) is 25.7 Å². The van der Waals surface area contributed by atoms with Crippen LogP contribution >= 0.6 is 0 Å². The van der Waals surface area contributed by atoms with E-state index < -0.39 is 66.4 Å². The third kappa shape index (κ3) is 10.5. The number of carboxylic acids is 2. The number of hydrogen-bond donors (Lipinski definition) is 8. The third-order valence-corrected chi connectivity index (χ3v) is 5.00. The molecule has 0 saturated carbocycles. The number of nitrogens with two attached hydrogens (primary N) is 1. The zero-order chi connectivity index (χ0) is 26.7. The van der Waals surface area contributed by atoms with Crippen LogP contribution in [0.5, 0.6) is 0 Å². The fourth-order valence-corrected chi connectivity index (χ4v) is 3.17. The lowest BCUT2D eigenvalue weighted by atomic mass is 10.0. The van der Waals surface area contributed by atoms with Crippen molar-refractivity contribution in [2.45, 2.75) is 76.7 Å². The summed E-state index contributed by atoms with van der Waals surface area (Å²) in [5.41, 5.74) is 6.25. The molecule has 14 nitrogen and oxygen atoms in total. The molecule has 1 aromatic rings. The van der Waals surface area contributed by atoms with E-state index in [2.05, 4.69) is 25.9 Å². The number of aliphatic hydroxyl groups excluding tert-OH is 1. The maximum Gasteiger partial charge on any atom is 0.326 e. The summed E-state index contributed by atoms with van der Waals surface area (Å²) in [4.78, 5) is 67.1. The van der Waals surface area contributed by atoms with Gasteiger partial charge in [-0.15, -0.1) is 0 Å². The molecule has 0 radical (unpaired) electrons. The van der Waals surface area contributed by atoms with Crippen molar-refractivity contribution in [1.82, 2.24) is 25.9 Å². The number of amides is 3. The highest BCUT2D eigenvalue weighted by atomic mass is 16.4. The van der Waals surface area contributed by atoms with Crippen LogP contribution < -0.4 is 21.7 Å². The number of nitrogens with zero attached hydrogens (tertiary/aromatic N) is 1. The van der Waals surface area contributed by atoms with E-state index in [1.165, 1.54) is 19.4 Å². The third-order valence-electron chi connectivity index (χ3n) is 5.00. The smallest absolute Gasteiger partial charge is 0.326 e. The lowest BCUT2D eigenvalue weighted by Gasteiger charge is -2.26. The minimum Gasteiger partial charge on any atom is -0.481 e. The van der Waals surface area contributed by atoms with Crippen molar-refractivity contribution in [3.63, 3.8) is 0 Å². The summed E-state index contributed by atoms with van der Waals surface area (Å²) in [5.74, 6) is -5.09. The van der Waals surface area contributed by atoms with Gasteiger partial charge in [0.25, 0.3) is 0 Å². The van der Waals surface area contributed by atoms with Crippen LogP contribution in [0.1, 0.15) is 45.7 Å². The van der Waals surface area contributed by atoms with Gasteiger partial charge in [-0.1, -0.05) is 13.8 Å². The molecule has 9 N–H and O–H groups in total. The van der Waals surface area contributed by atoms with E-state index in [1.807, 2.05) is 13.8 Å². The highest BCUT2D eigenvalue weighted by molar-refractivity contribution is 5.94. The van der Waals surface area contributed by atoms with Crippen LogP contribution in [0.3, 0.4) is 0 Å². The fraction of sp³-hybridized carbons (Fsp3) is 0.619. The number of carboxylic acid groups (broad SMARTS) is 2. The number of carbonyl (C=O) groups excluding carboxylic acids is 3. The summed E-state index contributed by atoms with van der Waals surface area (Å²) in [6.07, 6.45) is 0.658. The van der Waals surface area contributed by atoms with Gasteiger partial charge in [0, 0.05) is 24.7 Å². The van der Waals surface area contributed by atoms with E-state index >= 15 is 0 Å². The normalized spacial score (nSPS) is 15.4. The zero-order valence-electron chi connectivity index (χ0n) is 19.9. The van der Waals surface area contributed by atoms with Crippen LogP contribution in [0.25, 0.3) is 0 Å². The van der Waals surface area contributed by atoms with E-state index in [0.717, 1.165) is 0 Å². The van der Waals surface area contributed by atoms with Gasteiger partial charge >= 0.3 is 11.9 Å². The Morgan fingerprint density at radius 2 is 1.63 bits per heavy atom. The van der Waals surface area contributed by atoms with Crippen LogP contribution in [-0.2, 0) is 30.4 Å². The molecular weight excluding hydrogens is 464 g/mol. The van der Waals surface area contributed by atoms with Crippen molar-refractivity contribution in [2.75, 3.05) is 0 Å². The summed E-state index contributed by atoms with van der Waals surface area (Å²) in [7, 11) is 0. The van der Waals surface area contributed by atoms with E-state index in [1.54, 1.807) is 0 Å². The molecule has 0 fully saturated rings. The van der Waals surface area contributed by atoms with Gasteiger partial charge in [-0.25, -0.2) is 9.78 Å². The van der Waals surface area contributed by atoms with Crippen LogP contribution in [0.4, 0.5) is 0 Å². The molecule has 0 aliphatic heterocycles. The number of H-pyrrole nitrogens is 1. The number of carbonyl (C=O) groups is 5. The number of hydrogen-bond acceptors (Lipinski definition) is 8. The van der Waals surface area contributed by atoms with Gasteiger partial charge in [0.15, 0.2) is 0 Å². The molecule has 3 amide bonds. The van der Waals surface area contributed by atoms with E-state index in [0.29, 0.717) is 12.1 Å². The molecule has 0 bridgehead atoms. The van der Waals surface area contributed by atoms with Gasteiger partial charge in [0.05, 0.1) is 18.5 Å². The van der Waals surface area contributed by atoms with Crippen molar-refractivity contribution < 1.29 is 39.3 Å². The lowest BCUT2D eigenvalue weighted by molar-refractivity contribution is -0.143. The summed E-state index contributed by atoms with van der Waals surface area (Å²) in [6.45, 7) is 4.96. The fourth-order valence-electron chi connectivity index (χ4n) is 3.17. The topological polar surface area (TPSA) is 237 Å². The summed E-state index contributed by atoms with van der Waals surface area (Å²) >= 11 is 0. The van der Waals surface area contributed by atoms with Crippen molar-refractivity contribution >= 4 is 29.7 Å². The minimum absolute atomic E-state index is 0.0996. The molecule has 1 heterocycles. The number of nitrogens with one attached hydrogen (secondary N) is 4. The van der Waals surface area contributed by atoms with Gasteiger partial charge in [0.2, 0.25) is 17.7 Å². The Kier molecular flexibility index (Phi) is 11.8. The number of aliphatic hydroxyl groups is 1. The Morgan fingerprint density at radius 3 is 2.11 bits per heavy atom. The van der Waals surface area contributed by atoms with Gasteiger partial charge in [-0.3, -0.25) is 19.2 Å². The number of aromatic nitrogens is 2. The Morgan fingerprint density at radius 1 is 1.00 bits per heavy atom. The lowest BCUT2D eigenvalue weighted by Crippen LogP contribution is -2.60. The molecule has 0 saturated heterocycles. The predicted octanol–water partition coefficient (Wildman–Crippen LogP) is -1.89. The highest BCUT2D eigenvalue weighted by Gasteiger charge is 2.32. The Balaban J connectivity index is 2.97. The minimum atomic E-state index is -1.49. The van der Waals surface area contributed by atoms with E-state index in [9.17, 15) is 34.2 Å². The summed E-state index contributed by atoms with van der Waals surface area (Å²) in [6, 6.07) is -5.27. The maximum absolute atomic E-state index is 12.8. The van der Waals surface area contributed by atoms with Crippen molar-refractivity contribution in [3.8, 4) is 0 Å². The van der Waals surface area contributed by atoms with Gasteiger partial charge in [0.1, 0.15) is 18.1 Å². The molecule has 5 atom stereocenters.